The zero-order valence-corrected chi connectivity index (χ0v) is 38.1. The van der Waals surface area contributed by atoms with E-state index in [-0.39, 0.29) is 10.8 Å². The molecule has 0 bridgehead atoms. The maximum Gasteiger partial charge on any atom is 0.0553 e. The Labute approximate surface area is 338 Å². The van der Waals surface area contributed by atoms with E-state index < -0.39 is 8.07 Å². The lowest BCUT2D eigenvalue weighted by Gasteiger charge is -2.48. The molecule has 0 N–H and O–H groups in total. The van der Waals surface area contributed by atoms with Crippen LogP contribution in [0.15, 0.2) is 83.0 Å². The molecule has 2 aromatic rings. The Morgan fingerprint density at radius 2 is 0.909 bits per heavy atom. The van der Waals surface area contributed by atoms with Crippen molar-refractivity contribution >= 4 is 19.2 Å². The van der Waals surface area contributed by atoms with Crippen molar-refractivity contribution in [1.82, 2.24) is 0 Å². The van der Waals surface area contributed by atoms with Gasteiger partial charge in [-0.05, 0) is 189 Å². The predicted octanol–water partition coefficient (Wildman–Crippen LogP) is 15.8. The van der Waals surface area contributed by atoms with Gasteiger partial charge < -0.3 is 0 Å². The van der Waals surface area contributed by atoms with Gasteiger partial charge in [-0.15, -0.1) is 0 Å². The molecule has 4 fully saturated rings. The molecule has 8 unspecified atom stereocenters. The van der Waals surface area contributed by atoms with Crippen molar-refractivity contribution in [3.63, 3.8) is 0 Å². The summed E-state index contributed by atoms with van der Waals surface area (Å²) in [7, 11) is -1.86. The first-order chi connectivity index (χ1) is 25.9. The third-order valence-electron chi connectivity index (χ3n) is 16.0. The van der Waals surface area contributed by atoms with E-state index in [2.05, 4.69) is 143 Å². The number of hydrogen-bond donors (Lipinski definition) is 0. The van der Waals surface area contributed by atoms with Crippen molar-refractivity contribution in [1.29, 1.82) is 0 Å². The van der Waals surface area contributed by atoms with Gasteiger partial charge in [-0.3, -0.25) is 0 Å². The van der Waals surface area contributed by atoms with Crippen LogP contribution in [0.3, 0.4) is 0 Å². The fourth-order valence-corrected chi connectivity index (χ4v) is 20.1. The molecule has 0 saturated heterocycles. The van der Waals surface area contributed by atoms with Crippen molar-refractivity contribution in [3.05, 3.63) is 105 Å². The van der Waals surface area contributed by atoms with Crippen molar-refractivity contribution < 1.29 is 0 Å². The lowest BCUT2D eigenvalue weighted by atomic mass is 9.75. The van der Waals surface area contributed by atoms with Crippen molar-refractivity contribution in [2.75, 3.05) is 0 Å². The van der Waals surface area contributed by atoms with Crippen LogP contribution >= 0.6 is 0 Å². The molecule has 0 aliphatic heterocycles. The molecule has 0 amide bonds. The first-order valence-electron chi connectivity index (χ1n) is 23.0. The fraction of sp³-hybridized carbons (Fsp3) is 0.630. The van der Waals surface area contributed by atoms with Crippen LogP contribution in [-0.4, -0.2) is 8.07 Å². The molecule has 6 aliphatic carbocycles. The zero-order valence-electron chi connectivity index (χ0n) is 37.1. The second-order valence-corrected chi connectivity index (χ2v) is 28.0. The number of rotatable bonds is 8. The molecule has 6 aliphatic rings. The van der Waals surface area contributed by atoms with E-state index in [0.29, 0.717) is 23.7 Å². The third kappa shape index (κ3) is 7.12. The van der Waals surface area contributed by atoms with Crippen LogP contribution in [0.25, 0.3) is 11.1 Å². The van der Waals surface area contributed by atoms with E-state index in [4.69, 9.17) is 0 Å². The van der Waals surface area contributed by atoms with Gasteiger partial charge in [0.15, 0.2) is 0 Å². The summed E-state index contributed by atoms with van der Waals surface area (Å²) in [5.41, 5.74) is 18.6. The molecule has 2 aromatic carbocycles. The molecule has 55 heavy (non-hydrogen) atoms. The highest BCUT2D eigenvalue weighted by Gasteiger charge is 2.60. The quantitative estimate of drug-likeness (QED) is 0.236. The Morgan fingerprint density at radius 3 is 1.24 bits per heavy atom. The van der Waals surface area contributed by atoms with Gasteiger partial charge in [0, 0.05) is 0 Å². The number of benzene rings is 2. The SMILES string of the molecule is CC(C)CC1CC2C(c3ccc(C(C)(C)C)cc3)=C3CCCC3=CC2C1[Si](C)(C)C1C(CC(C)C)CC2C(c3ccc(C(C)(C)C)cc3)=C3CCCC3=CC21. The maximum absolute atomic E-state index is 2.95. The second-order valence-electron chi connectivity index (χ2n) is 23.0. The summed E-state index contributed by atoms with van der Waals surface area (Å²) in [6, 6.07) is 20.0. The topological polar surface area (TPSA) is 0 Å². The molecule has 8 atom stereocenters. The summed E-state index contributed by atoms with van der Waals surface area (Å²) in [5.74, 6) is 5.93. The largest absolute Gasteiger partial charge is 0.0773 e. The molecule has 0 radical (unpaired) electrons. The maximum atomic E-state index is 2.95. The van der Waals surface area contributed by atoms with E-state index in [1.807, 2.05) is 0 Å². The zero-order chi connectivity index (χ0) is 39.2. The van der Waals surface area contributed by atoms with Crippen LogP contribution in [0.4, 0.5) is 0 Å². The van der Waals surface area contributed by atoms with Crippen molar-refractivity contribution in [2.45, 2.75) is 168 Å². The van der Waals surface area contributed by atoms with Crippen LogP contribution in [0.1, 0.15) is 156 Å². The highest BCUT2D eigenvalue weighted by molar-refractivity contribution is 6.80. The van der Waals surface area contributed by atoms with Gasteiger partial charge in [-0.25, -0.2) is 0 Å². The molecule has 1 heteroatoms. The summed E-state index contributed by atoms with van der Waals surface area (Å²) >= 11 is 0. The van der Waals surface area contributed by atoms with Crippen LogP contribution in [0.2, 0.25) is 24.2 Å². The number of fused-ring (bicyclic) bond motifs is 4. The minimum Gasteiger partial charge on any atom is -0.0773 e. The Kier molecular flexibility index (Phi) is 10.4. The molecule has 0 spiro atoms. The van der Waals surface area contributed by atoms with E-state index in [9.17, 15) is 0 Å². The van der Waals surface area contributed by atoms with E-state index in [0.717, 1.165) is 34.8 Å². The highest BCUT2D eigenvalue weighted by atomic mass is 28.3. The summed E-state index contributed by atoms with van der Waals surface area (Å²) in [4.78, 5) is 0. The molecule has 0 aromatic heterocycles. The molecule has 8 rings (SSSR count). The molecule has 0 heterocycles. The molecular formula is C54H76Si. The predicted molar refractivity (Wildman–Crippen MR) is 242 cm³/mol. The monoisotopic (exact) mass is 753 g/mol. The Hall–Kier alpha value is -2.38. The van der Waals surface area contributed by atoms with Gasteiger partial charge in [0.2, 0.25) is 0 Å². The first-order valence-corrected chi connectivity index (χ1v) is 26.2. The van der Waals surface area contributed by atoms with Crippen molar-refractivity contribution in [3.8, 4) is 0 Å². The number of allylic oxidation sites excluding steroid dienone is 8. The average Bonchev–Trinajstić information content (AvgIpc) is 3.90. The Balaban J connectivity index is 1.21. The van der Waals surface area contributed by atoms with E-state index in [1.54, 1.807) is 44.6 Å². The van der Waals surface area contributed by atoms with Gasteiger partial charge in [0.25, 0.3) is 0 Å². The van der Waals surface area contributed by atoms with Crippen molar-refractivity contribution in [2.24, 2.45) is 47.3 Å². The van der Waals surface area contributed by atoms with Crippen LogP contribution in [0, 0.1) is 47.3 Å². The summed E-state index contributed by atoms with van der Waals surface area (Å²) in [6.07, 6.45) is 19.3. The van der Waals surface area contributed by atoms with E-state index in [1.165, 1.54) is 75.3 Å². The number of hydrogen-bond acceptors (Lipinski definition) is 0. The van der Waals surface area contributed by atoms with Gasteiger partial charge in [-0.1, -0.05) is 143 Å². The van der Waals surface area contributed by atoms with Gasteiger partial charge in [0.05, 0.1) is 8.07 Å². The van der Waals surface area contributed by atoms with Gasteiger partial charge >= 0.3 is 0 Å². The summed E-state index contributed by atoms with van der Waals surface area (Å²) in [6.45, 7) is 30.1. The molecular weight excluding hydrogens is 677 g/mol. The highest BCUT2D eigenvalue weighted by Crippen LogP contribution is 2.68. The summed E-state index contributed by atoms with van der Waals surface area (Å²) in [5, 5.41) is 0. The van der Waals surface area contributed by atoms with Crippen LogP contribution in [-0.2, 0) is 10.8 Å². The normalized spacial score (nSPS) is 30.9. The minimum absolute atomic E-state index is 0.185. The lowest BCUT2D eigenvalue weighted by Crippen LogP contribution is -2.47. The average molecular weight is 753 g/mol. The second kappa shape index (κ2) is 14.5. The van der Waals surface area contributed by atoms with Crippen LogP contribution in [0.5, 0.6) is 0 Å². The molecule has 296 valence electrons. The summed E-state index contributed by atoms with van der Waals surface area (Å²) < 4.78 is 0. The Morgan fingerprint density at radius 1 is 0.545 bits per heavy atom. The molecule has 4 saturated carbocycles. The minimum atomic E-state index is -1.86. The van der Waals surface area contributed by atoms with Crippen LogP contribution < -0.4 is 0 Å². The lowest BCUT2D eigenvalue weighted by molar-refractivity contribution is 0.377. The smallest absolute Gasteiger partial charge is 0.0553 e. The molecule has 0 nitrogen and oxygen atoms in total. The van der Waals surface area contributed by atoms with Gasteiger partial charge in [-0.2, -0.15) is 0 Å². The standard InChI is InChI=1S/C54H76Si/c1-33(2)27-39-31-45-47(29-37-15-13-17-43(37)49(45)35-19-23-41(24-20-35)53(5,6)7)51(39)55(11,12)52-40(28-34(3)4)32-46-48(52)30-38-16-14-18-44(38)50(46)36-21-25-42(26-22-36)54(8,9)10/h19-26,29-30,33-34,39-40,45-48,51-52H,13-18,27-28,31-32H2,1-12H3. The third-order valence-corrected chi connectivity index (χ3v) is 21.1. The fourth-order valence-electron chi connectivity index (χ4n) is 14.1. The van der Waals surface area contributed by atoms with E-state index >= 15 is 0 Å². The first kappa shape index (κ1) is 39.4. The van der Waals surface area contributed by atoms with Gasteiger partial charge in [0.1, 0.15) is 0 Å². The Bertz CT molecular complexity index is 1740.